The van der Waals surface area contributed by atoms with Crippen molar-refractivity contribution in [2.24, 2.45) is 5.92 Å². The molecule has 1 saturated heterocycles. The molecule has 7 heteroatoms. The average Bonchev–Trinajstić information content (AvgIpc) is 2.74. The van der Waals surface area contributed by atoms with E-state index in [2.05, 4.69) is 0 Å². The molecule has 1 saturated carbocycles. The van der Waals surface area contributed by atoms with Crippen LogP contribution in [-0.2, 0) is 9.53 Å². The summed E-state index contributed by atoms with van der Waals surface area (Å²) in [6.07, 6.45) is -4.54. The number of likely N-dealkylation sites (tertiary alicyclic amines) is 1. The van der Waals surface area contributed by atoms with Gasteiger partial charge in [0.1, 0.15) is 17.8 Å². The molecule has 0 aromatic carbocycles. The second-order valence-electron chi connectivity index (χ2n) is 6.03. The van der Waals surface area contributed by atoms with E-state index in [0.29, 0.717) is 0 Å². The van der Waals surface area contributed by atoms with Gasteiger partial charge in [-0.2, -0.15) is 0 Å². The van der Waals surface area contributed by atoms with Gasteiger partial charge in [0.25, 0.3) is 0 Å². The number of nitrogens with zero attached hydrogens (tertiary/aromatic N) is 1. The molecule has 0 radical (unpaired) electrons. The van der Waals surface area contributed by atoms with Gasteiger partial charge in [0.15, 0.2) is 6.17 Å². The maximum absolute atomic E-state index is 13.7. The van der Waals surface area contributed by atoms with E-state index in [1.54, 1.807) is 20.8 Å². The number of hydrogen-bond donors (Lipinski definition) is 1. The van der Waals surface area contributed by atoms with Crippen LogP contribution in [0.2, 0.25) is 0 Å². The summed E-state index contributed by atoms with van der Waals surface area (Å²) in [5.74, 6) is -2.32. The molecule has 5 nitrogen and oxygen atoms in total. The Balaban J connectivity index is 2.23. The van der Waals surface area contributed by atoms with Crippen molar-refractivity contribution in [1.82, 2.24) is 4.90 Å². The predicted molar refractivity (Wildman–Crippen MR) is 61.2 cm³/mol. The summed E-state index contributed by atoms with van der Waals surface area (Å²) in [4.78, 5) is 24.0. The van der Waals surface area contributed by atoms with Gasteiger partial charge in [-0.1, -0.05) is 0 Å². The van der Waals surface area contributed by atoms with Gasteiger partial charge in [0, 0.05) is 5.92 Å². The molecule has 2 rings (SSSR count). The van der Waals surface area contributed by atoms with Crippen molar-refractivity contribution in [1.29, 1.82) is 0 Å². The standard InChI is InChI=1S/C12H17F2NO4/c1-12(2,3)19-11(18)15-6-4-5(7(13)8(6)14)9(15)10(16)17/h5-9H,4H2,1-3H3,(H,16,17)/t5-,6-,7-,8-,9-/m0/s1. The number of piperidine rings is 1. The van der Waals surface area contributed by atoms with E-state index >= 15 is 0 Å². The lowest BCUT2D eigenvalue weighted by Gasteiger charge is -2.36. The SMILES string of the molecule is CC(C)(C)OC(=O)N1[C@H](C(=O)O)[C@H]2C[C@H]1[C@H](F)[C@H]2F. The highest BCUT2D eigenvalue weighted by Crippen LogP contribution is 2.46. The number of carboxylic acid groups (broad SMARTS) is 1. The molecule has 2 aliphatic rings. The third-order valence-electron chi connectivity index (χ3n) is 3.51. The van der Waals surface area contributed by atoms with Crippen molar-refractivity contribution in [3.8, 4) is 0 Å². The van der Waals surface area contributed by atoms with Gasteiger partial charge in [-0.15, -0.1) is 0 Å². The van der Waals surface area contributed by atoms with Crippen molar-refractivity contribution in [2.75, 3.05) is 0 Å². The molecule has 0 unspecified atom stereocenters. The van der Waals surface area contributed by atoms with Gasteiger partial charge in [-0.25, -0.2) is 18.4 Å². The highest BCUT2D eigenvalue weighted by molar-refractivity contribution is 5.82. The number of halogens is 2. The number of ether oxygens (including phenoxy) is 1. The summed E-state index contributed by atoms with van der Waals surface area (Å²) in [7, 11) is 0. The normalized spacial score (nSPS) is 37.5. The number of carboxylic acids is 1. The van der Waals surface area contributed by atoms with Crippen molar-refractivity contribution in [3.05, 3.63) is 0 Å². The molecule has 1 amide bonds. The molecular weight excluding hydrogens is 260 g/mol. The summed E-state index contributed by atoms with van der Waals surface area (Å²) in [6, 6.07) is -2.39. The number of hydrogen-bond acceptors (Lipinski definition) is 3. The second-order valence-corrected chi connectivity index (χ2v) is 6.03. The van der Waals surface area contributed by atoms with Gasteiger partial charge in [-0.05, 0) is 27.2 Å². The van der Waals surface area contributed by atoms with Crippen LogP contribution in [0.3, 0.4) is 0 Å². The zero-order valence-corrected chi connectivity index (χ0v) is 11.0. The highest BCUT2D eigenvalue weighted by Gasteiger charge is 2.63. The number of aliphatic carboxylic acids is 1. The van der Waals surface area contributed by atoms with Crippen LogP contribution in [-0.4, -0.2) is 52.1 Å². The van der Waals surface area contributed by atoms with Crippen LogP contribution >= 0.6 is 0 Å². The topological polar surface area (TPSA) is 66.8 Å². The number of alkyl halides is 2. The minimum atomic E-state index is -1.84. The Bertz CT molecular complexity index is 409. The first-order chi connectivity index (χ1) is 8.63. The van der Waals surface area contributed by atoms with E-state index in [9.17, 15) is 18.4 Å². The van der Waals surface area contributed by atoms with Crippen LogP contribution in [0, 0.1) is 5.92 Å². The van der Waals surface area contributed by atoms with E-state index in [1.807, 2.05) is 0 Å². The fourth-order valence-electron chi connectivity index (χ4n) is 2.84. The lowest BCUT2D eigenvalue weighted by Crippen LogP contribution is -2.57. The first-order valence-electron chi connectivity index (χ1n) is 6.16. The van der Waals surface area contributed by atoms with Crippen molar-refractivity contribution < 1.29 is 28.2 Å². The summed E-state index contributed by atoms with van der Waals surface area (Å²) in [5, 5.41) is 9.12. The van der Waals surface area contributed by atoms with Crippen LogP contribution in [0.1, 0.15) is 27.2 Å². The Morgan fingerprint density at radius 1 is 1.26 bits per heavy atom. The molecule has 2 fully saturated rings. The quantitative estimate of drug-likeness (QED) is 0.793. The van der Waals surface area contributed by atoms with Crippen LogP contribution in [0.4, 0.5) is 13.6 Å². The lowest BCUT2D eigenvalue weighted by atomic mass is 9.96. The second kappa shape index (κ2) is 4.31. The summed E-state index contributed by atoms with van der Waals surface area (Å²) >= 11 is 0. The Morgan fingerprint density at radius 2 is 1.84 bits per heavy atom. The predicted octanol–water partition coefficient (Wildman–Crippen LogP) is 1.75. The van der Waals surface area contributed by atoms with E-state index in [1.165, 1.54) is 0 Å². The Labute approximate surface area is 109 Å². The largest absolute Gasteiger partial charge is 0.480 e. The van der Waals surface area contributed by atoms with E-state index < -0.39 is 48.0 Å². The summed E-state index contributed by atoms with van der Waals surface area (Å²) < 4.78 is 32.3. The van der Waals surface area contributed by atoms with Gasteiger partial charge in [0.2, 0.25) is 0 Å². The lowest BCUT2D eigenvalue weighted by molar-refractivity contribution is -0.147. The fourth-order valence-corrected chi connectivity index (χ4v) is 2.84. The number of carbonyl (C=O) groups is 2. The van der Waals surface area contributed by atoms with Gasteiger partial charge < -0.3 is 9.84 Å². The minimum absolute atomic E-state index is 0.0263. The van der Waals surface area contributed by atoms with Gasteiger partial charge in [-0.3, -0.25) is 4.90 Å². The highest BCUT2D eigenvalue weighted by atomic mass is 19.2. The third kappa shape index (κ3) is 2.26. The molecule has 5 atom stereocenters. The van der Waals surface area contributed by atoms with E-state index in [4.69, 9.17) is 9.84 Å². The first kappa shape index (κ1) is 14.0. The number of fused-ring (bicyclic) bond motifs is 2. The molecule has 1 heterocycles. The maximum atomic E-state index is 13.7. The third-order valence-corrected chi connectivity index (χ3v) is 3.51. The number of carbonyl (C=O) groups excluding carboxylic acids is 1. The maximum Gasteiger partial charge on any atom is 0.411 e. The molecule has 108 valence electrons. The zero-order chi connectivity index (χ0) is 14.5. The number of amides is 1. The summed E-state index contributed by atoms with van der Waals surface area (Å²) in [6.45, 7) is 4.87. The van der Waals surface area contributed by atoms with Crippen LogP contribution in [0.15, 0.2) is 0 Å². The van der Waals surface area contributed by atoms with Crippen LogP contribution in [0.25, 0.3) is 0 Å². The molecular formula is C12H17F2NO4. The van der Waals surface area contributed by atoms with E-state index in [-0.39, 0.29) is 6.42 Å². The van der Waals surface area contributed by atoms with Gasteiger partial charge in [0.05, 0.1) is 6.04 Å². The molecule has 1 N–H and O–H groups in total. The molecule has 1 aliphatic heterocycles. The Kier molecular flexibility index (Phi) is 3.18. The minimum Gasteiger partial charge on any atom is -0.480 e. The molecule has 0 spiro atoms. The number of rotatable bonds is 1. The molecule has 19 heavy (non-hydrogen) atoms. The smallest absolute Gasteiger partial charge is 0.411 e. The average molecular weight is 277 g/mol. The monoisotopic (exact) mass is 277 g/mol. The Hall–Kier alpha value is -1.40. The van der Waals surface area contributed by atoms with Gasteiger partial charge >= 0.3 is 12.1 Å². The molecule has 0 aromatic heterocycles. The molecule has 0 aromatic rings. The fraction of sp³-hybridized carbons (Fsp3) is 0.833. The van der Waals surface area contributed by atoms with Crippen LogP contribution in [0.5, 0.6) is 0 Å². The Morgan fingerprint density at radius 3 is 2.32 bits per heavy atom. The first-order valence-corrected chi connectivity index (χ1v) is 6.16. The van der Waals surface area contributed by atoms with Crippen molar-refractivity contribution in [2.45, 2.75) is 57.2 Å². The van der Waals surface area contributed by atoms with Crippen LogP contribution < -0.4 is 0 Å². The zero-order valence-electron chi connectivity index (χ0n) is 11.0. The summed E-state index contributed by atoms with van der Waals surface area (Å²) in [5.41, 5.74) is -0.817. The molecule has 2 bridgehead atoms. The van der Waals surface area contributed by atoms with E-state index in [0.717, 1.165) is 4.90 Å². The van der Waals surface area contributed by atoms with Crippen molar-refractivity contribution in [3.63, 3.8) is 0 Å². The van der Waals surface area contributed by atoms with Crippen molar-refractivity contribution >= 4 is 12.1 Å². The molecule has 1 aliphatic carbocycles.